The molecule has 1 unspecified atom stereocenters. The van der Waals surface area contributed by atoms with Gasteiger partial charge in [0.15, 0.2) is 0 Å². The molecule has 0 aliphatic carbocycles. The van der Waals surface area contributed by atoms with E-state index in [9.17, 15) is 4.89 Å². The van der Waals surface area contributed by atoms with Crippen LogP contribution in [0.3, 0.4) is 0 Å². The minimum Gasteiger partial charge on any atom is -0.324 e. The molecule has 0 rings (SSSR count). The molecule has 0 aliphatic rings. The minimum absolute atomic E-state index is 0.0898. The molecule has 0 aromatic rings. The fraction of sp³-hybridized carbons (Fsp3) is 1.00. The molecule has 0 saturated heterocycles. The summed E-state index contributed by atoms with van der Waals surface area (Å²) in [6.07, 6.45) is -0.0898. The molecule has 74 valence electrons. The highest BCUT2D eigenvalue weighted by Gasteiger charge is 2.16. The molecule has 0 aromatic heterocycles. The van der Waals surface area contributed by atoms with Gasteiger partial charge in [0.25, 0.3) is 0 Å². The van der Waals surface area contributed by atoms with Crippen molar-refractivity contribution in [1.29, 1.82) is 0 Å². The van der Waals surface area contributed by atoms with Gasteiger partial charge in [0.1, 0.15) is 0 Å². The normalized spacial score (nSPS) is 16.9. The van der Waals surface area contributed by atoms with Crippen LogP contribution in [-0.2, 0) is 20.9 Å². The van der Waals surface area contributed by atoms with Crippen molar-refractivity contribution in [3.8, 4) is 0 Å². The molecule has 1 N–H and O–H groups in total. The van der Waals surface area contributed by atoms with Gasteiger partial charge in [-0.1, -0.05) is 13.8 Å². The Morgan fingerprint density at radius 3 is 2.17 bits per heavy atom. The van der Waals surface area contributed by atoms with E-state index in [1.165, 1.54) is 0 Å². The summed E-state index contributed by atoms with van der Waals surface area (Å²) < 4.78 is 10.1. The van der Waals surface area contributed by atoms with Crippen LogP contribution in [-0.4, -0.2) is 17.6 Å². The molecule has 0 saturated carbocycles. The van der Waals surface area contributed by atoms with E-state index in [1.54, 1.807) is 0 Å². The molecule has 0 aliphatic heterocycles. The predicted molar refractivity (Wildman–Crippen MR) is 53.5 cm³/mol. The summed E-state index contributed by atoms with van der Waals surface area (Å²) in [5.41, 5.74) is 0. The largest absolute Gasteiger partial charge is 0.324 e. The van der Waals surface area contributed by atoms with Gasteiger partial charge in [0.2, 0.25) is 0 Å². The first kappa shape index (κ1) is 12.5. The number of rotatable bonds is 5. The van der Waals surface area contributed by atoms with Gasteiger partial charge in [-0.3, -0.25) is 0 Å². The first-order chi connectivity index (χ1) is 5.33. The quantitative estimate of drug-likeness (QED) is 0.710. The lowest BCUT2D eigenvalue weighted by Gasteiger charge is -2.18. The maximum atomic E-state index is 9.42. The van der Waals surface area contributed by atoms with E-state index in [2.05, 4.69) is 0 Å². The SMILES string of the molecule is CC(C)COP(O)(=S)OC(C)C. The van der Waals surface area contributed by atoms with Gasteiger partial charge in [0, 0.05) is 0 Å². The van der Waals surface area contributed by atoms with Crippen molar-refractivity contribution >= 4 is 18.5 Å². The van der Waals surface area contributed by atoms with Crippen molar-refractivity contribution in [1.82, 2.24) is 0 Å². The van der Waals surface area contributed by atoms with E-state index < -0.39 is 6.72 Å². The lowest BCUT2D eigenvalue weighted by molar-refractivity contribution is 0.151. The van der Waals surface area contributed by atoms with Crippen LogP contribution in [0.5, 0.6) is 0 Å². The van der Waals surface area contributed by atoms with Gasteiger partial charge in [-0.2, -0.15) is 0 Å². The number of hydrogen-bond donors (Lipinski definition) is 1. The zero-order valence-corrected chi connectivity index (χ0v) is 9.69. The van der Waals surface area contributed by atoms with Crippen molar-refractivity contribution in [2.45, 2.75) is 33.8 Å². The summed E-state index contributed by atoms with van der Waals surface area (Å²) in [6.45, 7) is 5.09. The smallest absolute Gasteiger partial charge is 0.324 e. The standard InChI is InChI=1S/C7H17O3PS/c1-6(2)5-9-11(8,12)10-7(3)4/h6-7H,5H2,1-4H3,(H,8,12). The highest BCUT2D eigenvalue weighted by molar-refractivity contribution is 8.07. The van der Waals surface area contributed by atoms with E-state index in [0.29, 0.717) is 12.5 Å². The van der Waals surface area contributed by atoms with E-state index in [-0.39, 0.29) is 6.10 Å². The third kappa shape index (κ3) is 7.19. The molecule has 0 spiro atoms. The zero-order chi connectivity index (χ0) is 9.78. The van der Waals surface area contributed by atoms with Crippen molar-refractivity contribution in [3.05, 3.63) is 0 Å². The Hall–Kier alpha value is 0.530. The van der Waals surface area contributed by atoms with Gasteiger partial charge in [-0.25, -0.2) is 0 Å². The Morgan fingerprint density at radius 2 is 1.83 bits per heavy atom. The Balaban J connectivity index is 3.80. The molecule has 5 heteroatoms. The fourth-order valence-electron chi connectivity index (χ4n) is 0.540. The third-order valence-corrected chi connectivity index (χ3v) is 2.65. The van der Waals surface area contributed by atoms with E-state index in [0.717, 1.165) is 0 Å². The fourth-order valence-corrected chi connectivity index (χ4v) is 2.32. The first-order valence-corrected chi connectivity index (χ1v) is 6.58. The molecular formula is C7H17O3PS. The molecule has 3 nitrogen and oxygen atoms in total. The third-order valence-electron chi connectivity index (χ3n) is 0.915. The minimum atomic E-state index is -2.97. The van der Waals surface area contributed by atoms with Crippen molar-refractivity contribution < 1.29 is 13.9 Å². The molecular weight excluding hydrogens is 195 g/mol. The van der Waals surface area contributed by atoms with Crippen LogP contribution >= 0.6 is 6.72 Å². The van der Waals surface area contributed by atoms with Gasteiger partial charge < -0.3 is 13.9 Å². The Morgan fingerprint density at radius 1 is 1.33 bits per heavy atom. The second kappa shape index (κ2) is 5.30. The summed E-state index contributed by atoms with van der Waals surface area (Å²) in [5.74, 6) is 0.357. The van der Waals surface area contributed by atoms with Crippen molar-refractivity contribution in [3.63, 3.8) is 0 Å². The molecule has 1 atom stereocenters. The molecule has 0 radical (unpaired) electrons. The van der Waals surface area contributed by atoms with E-state index in [1.807, 2.05) is 27.7 Å². The van der Waals surface area contributed by atoms with Crippen LogP contribution in [0.1, 0.15) is 27.7 Å². The van der Waals surface area contributed by atoms with Crippen molar-refractivity contribution in [2.75, 3.05) is 6.61 Å². The average Bonchev–Trinajstić information content (AvgIpc) is 1.81. The van der Waals surface area contributed by atoms with Crippen LogP contribution in [0.4, 0.5) is 0 Å². The highest BCUT2D eigenvalue weighted by Crippen LogP contribution is 2.45. The van der Waals surface area contributed by atoms with Gasteiger partial charge in [0.05, 0.1) is 12.7 Å². The predicted octanol–water partition coefficient (Wildman–Crippen LogP) is 2.30. The Kier molecular flexibility index (Phi) is 5.53. The topological polar surface area (TPSA) is 38.7 Å². The van der Waals surface area contributed by atoms with Gasteiger partial charge in [-0.05, 0) is 31.6 Å². The zero-order valence-electron chi connectivity index (χ0n) is 7.98. The average molecular weight is 212 g/mol. The second-order valence-electron chi connectivity index (χ2n) is 3.31. The molecule has 12 heavy (non-hydrogen) atoms. The summed E-state index contributed by atoms with van der Waals surface area (Å²) in [5, 5.41) is 0. The van der Waals surface area contributed by atoms with Crippen LogP contribution < -0.4 is 0 Å². The number of hydrogen-bond acceptors (Lipinski definition) is 3. The van der Waals surface area contributed by atoms with Gasteiger partial charge in [-0.15, -0.1) is 0 Å². The summed E-state index contributed by atoms with van der Waals surface area (Å²) >= 11 is 4.76. The van der Waals surface area contributed by atoms with Crippen LogP contribution in [0.25, 0.3) is 0 Å². The van der Waals surface area contributed by atoms with E-state index >= 15 is 0 Å². The van der Waals surface area contributed by atoms with E-state index in [4.69, 9.17) is 20.9 Å². The van der Waals surface area contributed by atoms with Crippen LogP contribution in [0.2, 0.25) is 0 Å². The summed E-state index contributed by atoms with van der Waals surface area (Å²) in [4.78, 5) is 9.42. The maximum absolute atomic E-state index is 9.42. The summed E-state index contributed by atoms with van der Waals surface area (Å²) in [6, 6.07) is 0. The Bertz CT molecular complexity index is 170. The Labute approximate surface area is 79.3 Å². The van der Waals surface area contributed by atoms with Crippen molar-refractivity contribution in [2.24, 2.45) is 5.92 Å². The van der Waals surface area contributed by atoms with Crippen LogP contribution in [0.15, 0.2) is 0 Å². The molecule has 0 aromatic carbocycles. The molecule has 0 fully saturated rings. The molecule has 0 heterocycles. The maximum Gasteiger partial charge on any atom is 0.324 e. The van der Waals surface area contributed by atoms with Gasteiger partial charge >= 0.3 is 6.72 Å². The highest BCUT2D eigenvalue weighted by atomic mass is 32.5. The molecule has 0 bridgehead atoms. The second-order valence-corrected chi connectivity index (χ2v) is 6.10. The lowest BCUT2D eigenvalue weighted by Crippen LogP contribution is -2.06. The summed E-state index contributed by atoms with van der Waals surface area (Å²) in [7, 11) is 0. The van der Waals surface area contributed by atoms with Crippen LogP contribution in [0, 0.1) is 5.92 Å². The molecule has 0 amide bonds. The lowest BCUT2D eigenvalue weighted by atomic mass is 10.2. The monoisotopic (exact) mass is 212 g/mol. The first-order valence-electron chi connectivity index (χ1n) is 3.99.